The number of carbonyl (C=O) groups is 1. The number of rotatable bonds is 4. The number of aliphatic carboxylic acids is 1. The van der Waals surface area contributed by atoms with Gasteiger partial charge in [0.1, 0.15) is 0 Å². The summed E-state index contributed by atoms with van der Waals surface area (Å²) in [6, 6.07) is 0. The van der Waals surface area contributed by atoms with Crippen LogP contribution in [0.5, 0.6) is 0 Å². The van der Waals surface area contributed by atoms with Gasteiger partial charge in [-0.2, -0.15) is 0 Å². The van der Waals surface area contributed by atoms with Crippen molar-refractivity contribution in [2.45, 2.75) is 19.4 Å². The van der Waals surface area contributed by atoms with Crippen LogP contribution in [-0.4, -0.2) is 24.3 Å². The topological polar surface area (TPSA) is 46.5 Å². The normalized spacial score (nSPS) is 13.8. The third-order valence-electron chi connectivity index (χ3n) is 1.13. The molecule has 0 aliphatic rings. The maximum absolute atomic E-state index is 9.94. The van der Waals surface area contributed by atoms with Crippen LogP contribution in [0.25, 0.3) is 0 Å². The van der Waals surface area contributed by atoms with Gasteiger partial charge < -0.3 is 9.84 Å². The summed E-state index contributed by atoms with van der Waals surface area (Å²) in [5.41, 5.74) is 0. The van der Waals surface area contributed by atoms with E-state index in [2.05, 4.69) is 0 Å². The van der Waals surface area contributed by atoms with Crippen LogP contribution in [0, 0.1) is 0 Å². The van der Waals surface area contributed by atoms with E-state index in [1.54, 1.807) is 13.2 Å². The van der Waals surface area contributed by atoms with Crippen LogP contribution < -0.4 is 0 Å². The predicted molar refractivity (Wildman–Crippen MR) is 37.9 cm³/mol. The van der Waals surface area contributed by atoms with Crippen LogP contribution in [0.1, 0.15) is 13.3 Å². The van der Waals surface area contributed by atoms with Gasteiger partial charge in [-0.15, -0.1) is 0 Å². The third-order valence-corrected chi connectivity index (χ3v) is 1.13. The molecule has 0 bridgehead atoms. The molecular formula is C7H12O3. The molecule has 0 saturated heterocycles. The van der Waals surface area contributed by atoms with E-state index in [-0.39, 0.29) is 6.10 Å². The fourth-order valence-corrected chi connectivity index (χ4v) is 0.457. The van der Waals surface area contributed by atoms with E-state index >= 15 is 0 Å². The van der Waals surface area contributed by atoms with Crippen molar-refractivity contribution in [3.63, 3.8) is 0 Å². The standard InChI is InChI=1S/C7H12O3/c1-6(10-2)4-3-5-7(8)9/h3,5-6H,4H2,1-2H3,(H,8,9)/b5-3+. The first-order valence-electron chi connectivity index (χ1n) is 3.09. The Kier molecular flexibility index (Phi) is 4.58. The summed E-state index contributed by atoms with van der Waals surface area (Å²) in [4.78, 5) is 9.94. The van der Waals surface area contributed by atoms with E-state index < -0.39 is 5.97 Å². The average molecular weight is 144 g/mol. The number of hydrogen-bond donors (Lipinski definition) is 1. The van der Waals surface area contributed by atoms with E-state index in [9.17, 15) is 4.79 Å². The van der Waals surface area contributed by atoms with Crippen molar-refractivity contribution in [3.05, 3.63) is 12.2 Å². The van der Waals surface area contributed by atoms with Crippen LogP contribution in [0.15, 0.2) is 12.2 Å². The van der Waals surface area contributed by atoms with Crippen LogP contribution in [0.4, 0.5) is 0 Å². The minimum absolute atomic E-state index is 0.0931. The molecular weight excluding hydrogens is 132 g/mol. The zero-order valence-electron chi connectivity index (χ0n) is 6.20. The molecule has 0 aromatic carbocycles. The quantitative estimate of drug-likeness (QED) is 0.600. The summed E-state index contributed by atoms with van der Waals surface area (Å²) >= 11 is 0. The van der Waals surface area contributed by atoms with E-state index in [0.717, 1.165) is 6.08 Å². The van der Waals surface area contributed by atoms with Crippen molar-refractivity contribution >= 4 is 5.97 Å². The van der Waals surface area contributed by atoms with E-state index in [4.69, 9.17) is 9.84 Å². The minimum atomic E-state index is -0.914. The zero-order valence-corrected chi connectivity index (χ0v) is 6.20. The molecule has 0 aromatic heterocycles. The summed E-state index contributed by atoms with van der Waals surface area (Å²) in [5.74, 6) is -0.914. The summed E-state index contributed by atoms with van der Waals surface area (Å²) in [6.07, 6.45) is 3.44. The van der Waals surface area contributed by atoms with Crippen molar-refractivity contribution in [3.8, 4) is 0 Å². The molecule has 0 aliphatic carbocycles. The van der Waals surface area contributed by atoms with Gasteiger partial charge >= 0.3 is 5.97 Å². The third kappa shape index (κ3) is 5.31. The van der Waals surface area contributed by atoms with Gasteiger partial charge in [0.25, 0.3) is 0 Å². The van der Waals surface area contributed by atoms with Crippen molar-refractivity contribution in [2.75, 3.05) is 7.11 Å². The molecule has 1 unspecified atom stereocenters. The Morgan fingerprint density at radius 3 is 2.80 bits per heavy atom. The highest BCUT2D eigenvalue weighted by Crippen LogP contribution is 1.95. The Labute approximate surface area is 60.3 Å². The Balaban J connectivity index is 3.43. The van der Waals surface area contributed by atoms with Crippen molar-refractivity contribution in [1.29, 1.82) is 0 Å². The molecule has 58 valence electrons. The summed E-state index contributed by atoms with van der Waals surface area (Å²) in [7, 11) is 1.60. The van der Waals surface area contributed by atoms with Gasteiger partial charge in [-0.25, -0.2) is 4.79 Å². The van der Waals surface area contributed by atoms with Gasteiger partial charge in [-0.3, -0.25) is 0 Å². The van der Waals surface area contributed by atoms with Gasteiger partial charge in [0, 0.05) is 13.2 Å². The van der Waals surface area contributed by atoms with Crippen molar-refractivity contribution in [1.82, 2.24) is 0 Å². The van der Waals surface area contributed by atoms with Gasteiger partial charge in [0.15, 0.2) is 0 Å². The van der Waals surface area contributed by atoms with Gasteiger partial charge in [-0.05, 0) is 13.3 Å². The Bertz CT molecular complexity index is 129. The summed E-state index contributed by atoms with van der Waals surface area (Å²) in [6.45, 7) is 1.88. The molecule has 3 nitrogen and oxygen atoms in total. The van der Waals surface area contributed by atoms with Gasteiger partial charge in [0.2, 0.25) is 0 Å². The largest absolute Gasteiger partial charge is 0.478 e. The molecule has 0 rings (SSSR count). The molecule has 0 spiro atoms. The Morgan fingerprint density at radius 2 is 2.40 bits per heavy atom. The molecule has 10 heavy (non-hydrogen) atoms. The predicted octanol–water partition coefficient (Wildman–Crippen LogP) is 1.05. The van der Waals surface area contributed by atoms with Crippen LogP contribution in [-0.2, 0) is 9.53 Å². The number of carboxylic acid groups (broad SMARTS) is 1. The van der Waals surface area contributed by atoms with Gasteiger partial charge in [0.05, 0.1) is 6.10 Å². The molecule has 0 amide bonds. The maximum atomic E-state index is 9.94. The first-order valence-corrected chi connectivity index (χ1v) is 3.09. The van der Waals surface area contributed by atoms with Crippen LogP contribution in [0.2, 0.25) is 0 Å². The van der Waals surface area contributed by atoms with E-state index in [1.807, 2.05) is 6.92 Å². The molecule has 0 aliphatic heterocycles. The van der Waals surface area contributed by atoms with E-state index in [0.29, 0.717) is 6.42 Å². The summed E-state index contributed by atoms with van der Waals surface area (Å²) in [5, 5.41) is 8.17. The molecule has 0 radical (unpaired) electrons. The second kappa shape index (κ2) is 4.99. The van der Waals surface area contributed by atoms with Crippen molar-refractivity contribution in [2.24, 2.45) is 0 Å². The van der Waals surface area contributed by atoms with Crippen LogP contribution in [0.3, 0.4) is 0 Å². The second-order valence-electron chi connectivity index (χ2n) is 2.02. The molecule has 0 heterocycles. The minimum Gasteiger partial charge on any atom is -0.478 e. The average Bonchev–Trinajstić information content (AvgIpc) is 1.87. The smallest absolute Gasteiger partial charge is 0.327 e. The molecule has 0 fully saturated rings. The lowest BCUT2D eigenvalue weighted by Gasteiger charge is -2.03. The lowest BCUT2D eigenvalue weighted by molar-refractivity contribution is -0.131. The monoisotopic (exact) mass is 144 g/mol. The fraction of sp³-hybridized carbons (Fsp3) is 0.571. The zero-order chi connectivity index (χ0) is 7.98. The second-order valence-corrected chi connectivity index (χ2v) is 2.02. The Hall–Kier alpha value is -0.830. The number of ether oxygens (including phenoxy) is 1. The fourth-order valence-electron chi connectivity index (χ4n) is 0.457. The number of hydrogen-bond acceptors (Lipinski definition) is 2. The van der Waals surface area contributed by atoms with Gasteiger partial charge in [-0.1, -0.05) is 6.08 Å². The Morgan fingerprint density at radius 1 is 1.80 bits per heavy atom. The molecule has 0 saturated carbocycles. The first kappa shape index (κ1) is 9.17. The lowest BCUT2D eigenvalue weighted by atomic mass is 10.2. The molecule has 1 atom stereocenters. The first-order chi connectivity index (χ1) is 4.66. The molecule has 3 heteroatoms. The lowest BCUT2D eigenvalue weighted by Crippen LogP contribution is -2.02. The highest BCUT2D eigenvalue weighted by molar-refractivity contribution is 5.79. The number of carboxylic acids is 1. The van der Waals surface area contributed by atoms with E-state index in [1.165, 1.54) is 0 Å². The highest BCUT2D eigenvalue weighted by atomic mass is 16.5. The SMILES string of the molecule is COC(C)C/C=C/C(=O)O. The summed E-state index contributed by atoms with van der Waals surface area (Å²) < 4.78 is 4.89. The maximum Gasteiger partial charge on any atom is 0.327 e. The van der Waals surface area contributed by atoms with Crippen LogP contribution >= 0.6 is 0 Å². The van der Waals surface area contributed by atoms with Crippen molar-refractivity contribution < 1.29 is 14.6 Å². The highest BCUT2D eigenvalue weighted by Gasteiger charge is 1.94. The molecule has 1 N–H and O–H groups in total. The number of methoxy groups -OCH3 is 1. The molecule has 0 aromatic rings.